The van der Waals surface area contributed by atoms with E-state index in [2.05, 4.69) is 0 Å². The minimum atomic E-state index is -3.88. The topological polar surface area (TPSA) is 80.4 Å². The summed E-state index contributed by atoms with van der Waals surface area (Å²) in [7, 11) is -3.88. The zero-order valence-electron chi connectivity index (χ0n) is 4.53. The van der Waals surface area contributed by atoms with Gasteiger partial charge in [-0.1, -0.05) is 0 Å². The summed E-state index contributed by atoms with van der Waals surface area (Å²) >= 11 is 0. The molecule has 0 bridgehead atoms. The van der Waals surface area contributed by atoms with Crippen molar-refractivity contribution in [2.24, 2.45) is 5.73 Å². The normalized spacial score (nSPS) is 15.9. The number of nitrogens with two attached hydrogens (primary N) is 1. The minimum absolute atomic E-state index is 0.0428. The first-order chi connectivity index (χ1) is 3.48. The first kappa shape index (κ1) is 7.87. The largest absolute Gasteiger partial charge is 0.329 e. The summed E-state index contributed by atoms with van der Waals surface area (Å²) in [5, 5.41) is -0.845. The molecule has 5 heteroatoms. The van der Waals surface area contributed by atoms with Crippen molar-refractivity contribution >= 4 is 10.1 Å². The second kappa shape index (κ2) is 2.43. The van der Waals surface area contributed by atoms with Gasteiger partial charge in [-0.3, -0.25) is 4.55 Å². The third kappa shape index (κ3) is 2.25. The van der Waals surface area contributed by atoms with Crippen LogP contribution in [0.3, 0.4) is 0 Å². The number of hydrogen-bond donors (Lipinski definition) is 2. The van der Waals surface area contributed by atoms with Crippen LogP contribution in [0.5, 0.6) is 0 Å². The van der Waals surface area contributed by atoms with Crippen LogP contribution in [-0.2, 0) is 10.1 Å². The van der Waals surface area contributed by atoms with Crippen molar-refractivity contribution < 1.29 is 13.0 Å². The lowest BCUT2D eigenvalue weighted by atomic mass is 10.5. The van der Waals surface area contributed by atoms with Crippen LogP contribution in [0.1, 0.15) is 6.92 Å². The van der Waals surface area contributed by atoms with Crippen LogP contribution < -0.4 is 5.73 Å². The van der Waals surface area contributed by atoms with E-state index in [1.807, 2.05) is 0 Å². The maximum Gasteiger partial charge on any atom is 0.268 e. The van der Waals surface area contributed by atoms with Gasteiger partial charge in [0.05, 0.1) is 5.25 Å². The van der Waals surface area contributed by atoms with Crippen molar-refractivity contribution in [3.05, 3.63) is 0 Å². The third-order valence-corrected chi connectivity index (χ3v) is 2.05. The van der Waals surface area contributed by atoms with Crippen LogP contribution in [0.15, 0.2) is 0 Å². The fraction of sp³-hybridized carbons (Fsp3) is 1.00. The molecule has 0 aromatic rings. The summed E-state index contributed by atoms with van der Waals surface area (Å²) in [4.78, 5) is 0. The van der Waals surface area contributed by atoms with Crippen LogP contribution in [-0.4, -0.2) is 24.8 Å². The first-order valence-electron chi connectivity index (χ1n) is 2.15. The second-order valence-corrected chi connectivity index (χ2v) is 3.40. The van der Waals surface area contributed by atoms with Gasteiger partial charge in [0.2, 0.25) is 0 Å². The van der Waals surface area contributed by atoms with E-state index in [-0.39, 0.29) is 6.54 Å². The van der Waals surface area contributed by atoms with E-state index >= 15 is 0 Å². The highest BCUT2D eigenvalue weighted by Crippen LogP contribution is 1.91. The average Bonchev–Trinajstić information content (AvgIpc) is 1.62. The molecular formula is C3H9NO3S. The molecule has 0 radical (unpaired) electrons. The Morgan fingerprint density at radius 1 is 1.75 bits per heavy atom. The Morgan fingerprint density at radius 2 is 2.12 bits per heavy atom. The van der Waals surface area contributed by atoms with Gasteiger partial charge in [-0.15, -0.1) is 0 Å². The monoisotopic (exact) mass is 139 g/mol. The summed E-state index contributed by atoms with van der Waals surface area (Å²) in [6.45, 7) is 1.30. The van der Waals surface area contributed by atoms with Crippen LogP contribution in [0, 0.1) is 0 Å². The lowest BCUT2D eigenvalue weighted by Gasteiger charge is -2.00. The summed E-state index contributed by atoms with van der Waals surface area (Å²) < 4.78 is 28.3. The molecule has 0 rings (SSSR count). The molecule has 50 valence electrons. The standard InChI is InChI=1S/C3H9NO3S/c1-3(2-4)8(5,6)7/h3H,2,4H2,1H3,(H,5,6,7)/t3-/m1/s1. The Bertz CT molecular complexity index is 150. The fourth-order valence-corrected chi connectivity index (χ4v) is 0.365. The fourth-order valence-electron chi connectivity index (χ4n) is 0.122. The molecule has 3 N–H and O–H groups in total. The summed E-state index contributed by atoms with van der Waals surface area (Å²) in [5.74, 6) is 0. The molecule has 0 fully saturated rings. The molecule has 1 atom stereocenters. The van der Waals surface area contributed by atoms with Gasteiger partial charge in [-0.05, 0) is 6.92 Å². The molecule has 0 saturated carbocycles. The van der Waals surface area contributed by atoms with Gasteiger partial charge in [0.25, 0.3) is 10.1 Å². The Kier molecular flexibility index (Phi) is 2.39. The van der Waals surface area contributed by atoms with E-state index in [1.54, 1.807) is 0 Å². The summed E-state index contributed by atoms with van der Waals surface area (Å²) in [5.41, 5.74) is 4.92. The smallest absolute Gasteiger partial charge is 0.268 e. The van der Waals surface area contributed by atoms with E-state index in [0.717, 1.165) is 0 Å². The Labute approximate surface area is 48.4 Å². The van der Waals surface area contributed by atoms with Gasteiger partial charge in [0.1, 0.15) is 0 Å². The SMILES string of the molecule is C[C@H](CN)S(=O)(=O)O. The molecule has 0 spiro atoms. The van der Waals surface area contributed by atoms with Gasteiger partial charge in [0.15, 0.2) is 0 Å². The van der Waals surface area contributed by atoms with Crippen molar-refractivity contribution in [1.29, 1.82) is 0 Å². The molecule has 4 nitrogen and oxygen atoms in total. The Balaban J connectivity index is 4.04. The lowest BCUT2D eigenvalue weighted by Crippen LogP contribution is -2.25. The predicted molar refractivity (Wildman–Crippen MR) is 30.1 cm³/mol. The molecule has 0 aromatic heterocycles. The van der Waals surface area contributed by atoms with Crippen LogP contribution in [0.25, 0.3) is 0 Å². The third-order valence-electron chi connectivity index (χ3n) is 0.840. The molecule has 0 aromatic carbocycles. The molecule has 0 aliphatic carbocycles. The Hall–Kier alpha value is -0.130. The van der Waals surface area contributed by atoms with Crippen molar-refractivity contribution in [2.75, 3.05) is 6.54 Å². The van der Waals surface area contributed by atoms with Crippen molar-refractivity contribution in [2.45, 2.75) is 12.2 Å². The van der Waals surface area contributed by atoms with Gasteiger partial charge in [-0.25, -0.2) is 0 Å². The molecule has 0 unspecified atom stereocenters. The van der Waals surface area contributed by atoms with Gasteiger partial charge >= 0.3 is 0 Å². The first-order valence-corrected chi connectivity index (χ1v) is 3.65. The van der Waals surface area contributed by atoms with E-state index < -0.39 is 15.4 Å². The second-order valence-electron chi connectivity index (χ2n) is 1.56. The van der Waals surface area contributed by atoms with E-state index in [0.29, 0.717) is 0 Å². The van der Waals surface area contributed by atoms with Crippen LogP contribution >= 0.6 is 0 Å². The molecule has 0 amide bonds. The molecule has 0 saturated heterocycles. The van der Waals surface area contributed by atoms with Gasteiger partial charge in [0, 0.05) is 6.54 Å². The average molecular weight is 139 g/mol. The zero-order chi connectivity index (χ0) is 6.78. The molecule has 0 heterocycles. The highest BCUT2D eigenvalue weighted by Gasteiger charge is 2.13. The lowest BCUT2D eigenvalue weighted by molar-refractivity contribution is 0.471. The van der Waals surface area contributed by atoms with Gasteiger partial charge < -0.3 is 5.73 Å². The molecule has 0 aliphatic heterocycles. The highest BCUT2D eigenvalue weighted by atomic mass is 32.2. The van der Waals surface area contributed by atoms with E-state index in [4.69, 9.17) is 10.3 Å². The highest BCUT2D eigenvalue weighted by molar-refractivity contribution is 7.86. The Morgan fingerprint density at radius 3 is 2.12 bits per heavy atom. The van der Waals surface area contributed by atoms with Gasteiger partial charge in [-0.2, -0.15) is 8.42 Å². The van der Waals surface area contributed by atoms with E-state index in [9.17, 15) is 8.42 Å². The van der Waals surface area contributed by atoms with E-state index in [1.165, 1.54) is 6.92 Å². The molecule has 8 heavy (non-hydrogen) atoms. The molecule has 0 aliphatic rings. The van der Waals surface area contributed by atoms with Crippen molar-refractivity contribution in [3.63, 3.8) is 0 Å². The summed E-state index contributed by atoms with van der Waals surface area (Å²) in [6.07, 6.45) is 0. The minimum Gasteiger partial charge on any atom is -0.329 e. The maximum atomic E-state index is 10.0. The quantitative estimate of drug-likeness (QED) is 0.492. The molecular weight excluding hydrogens is 130 g/mol. The van der Waals surface area contributed by atoms with Crippen LogP contribution in [0.4, 0.5) is 0 Å². The zero-order valence-corrected chi connectivity index (χ0v) is 5.35. The number of hydrogen-bond acceptors (Lipinski definition) is 3. The number of rotatable bonds is 2. The maximum absolute atomic E-state index is 10.0. The van der Waals surface area contributed by atoms with Crippen LogP contribution in [0.2, 0.25) is 0 Å². The predicted octanol–water partition coefficient (Wildman–Crippen LogP) is -0.779. The van der Waals surface area contributed by atoms with Crippen molar-refractivity contribution in [3.8, 4) is 0 Å². The van der Waals surface area contributed by atoms with Crippen molar-refractivity contribution in [1.82, 2.24) is 0 Å². The summed E-state index contributed by atoms with van der Waals surface area (Å²) in [6, 6.07) is 0.